The van der Waals surface area contributed by atoms with Crippen molar-refractivity contribution < 1.29 is 29.1 Å². The van der Waals surface area contributed by atoms with Crippen LogP contribution in [0, 0.1) is 5.92 Å². The second-order valence-corrected chi connectivity index (χ2v) is 7.18. The normalized spacial score (nSPS) is 18.2. The highest BCUT2D eigenvalue weighted by atomic mass is 16.4. The summed E-state index contributed by atoms with van der Waals surface area (Å²) >= 11 is 0. The Morgan fingerprint density at radius 3 is 2.29 bits per heavy atom. The predicted octanol–water partition coefficient (Wildman–Crippen LogP) is -2.17. The zero-order chi connectivity index (χ0) is 21.3. The maximum absolute atomic E-state index is 12.7. The van der Waals surface area contributed by atoms with Crippen molar-refractivity contribution in [1.82, 2.24) is 21.3 Å². The SMILES string of the molecule is CC(C)CC(NC(=O)C1CCCN1)C(=O)NC(CC(N)=O)C(=O)NCC(=O)O. The van der Waals surface area contributed by atoms with E-state index in [9.17, 15) is 24.0 Å². The molecular formula is C17H29N5O6. The smallest absolute Gasteiger partial charge is 0.322 e. The van der Waals surface area contributed by atoms with E-state index in [4.69, 9.17) is 10.8 Å². The molecule has 7 N–H and O–H groups in total. The largest absolute Gasteiger partial charge is 0.480 e. The van der Waals surface area contributed by atoms with Crippen molar-refractivity contribution in [3.63, 3.8) is 0 Å². The molecule has 3 unspecified atom stereocenters. The fourth-order valence-electron chi connectivity index (χ4n) is 2.85. The van der Waals surface area contributed by atoms with Crippen LogP contribution in [0.2, 0.25) is 0 Å². The average molecular weight is 399 g/mol. The number of hydrogen-bond donors (Lipinski definition) is 6. The second kappa shape index (κ2) is 11.2. The van der Waals surface area contributed by atoms with Gasteiger partial charge in [0, 0.05) is 0 Å². The van der Waals surface area contributed by atoms with Gasteiger partial charge in [-0.2, -0.15) is 0 Å². The van der Waals surface area contributed by atoms with E-state index in [0.717, 1.165) is 13.0 Å². The molecule has 1 aliphatic rings. The molecule has 0 radical (unpaired) electrons. The number of nitrogens with one attached hydrogen (secondary N) is 4. The lowest BCUT2D eigenvalue weighted by Crippen LogP contribution is -2.56. The van der Waals surface area contributed by atoms with Gasteiger partial charge in [-0.15, -0.1) is 0 Å². The molecule has 0 bridgehead atoms. The van der Waals surface area contributed by atoms with E-state index in [2.05, 4.69) is 21.3 Å². The zero-order valence-electron chi connectivity index (χ0n) is 16.1. The lowest BCUT2D eigenvalue weighted by atomic mass is 10.0. The fourth-order valence-corrected chi connectivity index (χ4v) is 2.85. The molecule has 1 aliphatic heterocycles. The van der Waals surface area contributed by atoms with Crippen LogP contribution in [0.1, 0.15) is 39.5 Å². The molecule has 1 rings (SSSR count). The van der Waals surface area contributed by atoms with Crippen LogP contribution < -0.4 is 27.0 Å². The first kappa shape index (κ1) is 23.3. The molecule has 0 aliphatic carbocycles. The van der Waals surface area contributed by atoms with Crippen molar-refractivity contribution in [2.75, 3.05) is 13.1 Å². The minimum atomic E-state index is -1.33. The summed E-state index contributed by atoms with van der Waals surface area (Å²) in [5.74, 6) is -3.83. The highest BCUT2D eigenvalue weighted by Crippen LogP contribution is 2.09. The molecule has 158 valence electrons. The minimum Gasteiger partial charge on any atom is -0.480 e. The van der Waals surface area contributed by atoms with Crippen LogP contribution in [0.25, 0.3) is 0 Å². The van der Waals surface area contributed by atoms with Crippen molar-refractivity contribution >= 4 is 29.6 Å². The van der Waals surface area contributed by atoms with Crippen LogP contribution in [0.5, 0.6) is 0 Å². The monoisotopic (exact) mass is 399 g/mol. The predicted molar refractivity (Wildman–Crippen MR) is 98.8 cm³/mol. The molecule has 0 aromatic carbocycles. The molecule has 1 heterocycles. The Bertz CT molecular complexity index is 603. The Hall–Kier alpha value is -2.69. The summed E-state index contributed by atoms with van der Waals surface area (Å²) in [6.45, 7) is 3.81. The number of aliphatic carboxylic acids is 1. The van der Waals surface area contributed by atoms with Crippen molar-refractivity contribution in [3.05, 3.63) is 0 Å². The second-order valence-electron chi connectivity index (χ2n) is 7.18. The number of amides is 4. The summed E-state index contributed by atoms with van der Waals surface area (Å²) in [4.78, 5) is 58.9. The van der Waals surface area contributed by atoms with Gasteiger partial charge in [0.25, 0.3) is 0 Å². The van der Waals surface area contributed by atoms with Gasteiger partial charge < -0.3 is 32.1 Å². The van der Waals surface area contributed by atoms with E-state index >= 15 is 0 Å². The van der Waals surface area contributed by atoms with Crippen LogP contribution in [0.3, 0.4) is 0 Å². The number of carboxylic acid groups (broad SMARTS) is 1. The van der Waals surface area contributed by atoms with Crippen LogP contribution in [-0.4, -0.2) is 65.9 Å². The standard InChI is InChI=1S/C17H29N5O6/c1-9(2)6-11(21-16(27)10-4-3-5-19-10)17(28)22-12(7-13(18)23)15(26)20-8-14(24)25/h9-12,19H,3-8H2,1-2H3,(H2,18,23)(H,20,26)(H,21,27)(H,22,28)(H,24,25). The Morgan fingerprint density at radius 1 is 1.11 bits per heavy atom. The fraction of sp³-hybridized carbons (Fsp3) is 0.706. The minimum absolute atomic E-state index is 0.0722. The average Bonchev–Trinajstić information content (AvgIpc) is 3.12. The quantitative estimate of drug-likeness (QED) is 0.229. The number of carboxylic acids is 1. The van der Waals surface area contributed by atoms with Gasteiger partial charge in [-0.1, -0.05) is 13.8 Å². The number of carbonyl (C=O) groups excluding carboxylic acids is 4. The van der Waals surface area contributed by atoms with Gasteiger partial charge in [0.15, 0.2) is 0 Å². The third-order valence-corrected chi connectivity index (χ3v) is 4.17. The lowest BCUT2D eigenvalue weighted by molar-refractivity contribution is -0.138. The Labute approximate surface area is 163 Å². The Kier molecular flexibility index (Phi) is 9.36. The van der Waals surface area contributed by atoms with Gasteiger partial charge in [-0.05, 0) is 31.7 Å². The van der Waals surface area contributed by atoms with Gasteiger partial charge in [0.05, 0.1) is 12.5 Å². The third kappa shape index (κ3) is 8.33. The van der Waals surface area contributed by atoms with Crippen LogP contribution in [0.15, 0.2) is 0 Å². The number of carbonyl (C=O) groups is 5. The highest BCUT2D eigenvalue weighted by Gasteiger charge is 2.31. The maximum atomic E-state index is 12.7. The van der Waals surface area contributed by atoms with Gasteiger partial charge in [0.1, 0.15) is 18.6 Å². The molecule has 0 spiro atoms. The number of hydrogen-bond acceptors (Lipinski definition) is 6. The van der Waals surface area contributed by atoms with Crippen molar-refractivity contribution in [3.8, 4) is 0 Å². The van der Waals surface area contributed by atoms with E-state index in [1.807, 2.05) is 13.8 Å². The summed E-state index contributed by atoms with van der Waals surface area (Å²) in [6.07, 6.45) is 1.36. The summed E-state index contributed by atoms with van der Waals surface area (Å²) in [5, 5.41) is 18.9. The zero-order valence-corrected chi connectivity index (χ0v) is 16.1. The first-order valence-corrected chi connectivity index (χ1v) is 9.22. The molecule has 28 heavy (non-hydrogen) atoms. The lowest BCUT2D eigenvalue weighted by Gasteiger charge is -2.24. The molecule has 11 heteroatoms. The van der Waals surface area contributed by atoms with E-state index in [1.54, 1.807) is 0 Å². The van der Waals surface area contributed by atoms with Crippen LogP contribution in [0.4, 0.5) is 0 Å². The summed E-state index contributed by atoms with van der Waals surface area (Å²) in [5.41, 5.74) is 5.12. The molecular weight excluding hydrogens is 370 g/mol. The number of primary amides is 1. The van der Waals surface area contributed by atoms with Crippen molar-refractivity contribution in [2.24, 2.45) is 11.7 Å². The van der Waals surface area contributed by atoms with Crippen LogP contribution >= 0.6 is 0 Å². The van der Waals surface area contributed by atoms with Crippen molar-refractivity contribution in [1.29, 1.82) is 0 Å². The van der Waals surface area contributed by atoms with Gasteiger partial charge in [0.2, 0.25) is 23.6 Å². The molecule has 4 amide bonds. The molecule has 3 atom stereocenters. The van der Waals surface area contributed by atoms with E-state index < -0.39 is 48.7 Å². The summed E-state index contributed by atoms with van der Waals surface area (Å²) in [6, 6.07) is -2.61. The van der Waals surface area contributed by atoms with E-state index in [0.29, 0.717) is 12.8 Å². The molecule has 11 nitrogen and oxygen atoms in total. The Morgan fingerprint density at radius 2 is 1.79 bits per heavy atom. The molecule has 0 saturated carbocycles. The van der Waals surface area contributed by atoms with E-state index in [1.165, 1.54) is 0 Å². The van der Waals surface area contributed by atoms with E-state index in [-0.39, 0.29) is 17.9 Å². The summed E-state index contributed by atoms with van der Waals surface area (Å²) < 4.78 is 0. The summed E-state index contributed by atoms with van der Waals surface area (Å²) in [7, 11) is 0. The molecule has 1 saturated heterocycles. The highest BCUT2D eigenvalue weighted by molar-refractivity contribution is 5.95. The van der Waals surface area contributed by atoms with Crippen LogP contribution in [-0.2, 0) is 24.0 Å². The number of rotatable bonds is 11. The third-order valence-electron chi connectivity index (χ3n) is 4.17. The first-order chi connectivity index (χ1) is 13.1. The van der Waals surface area contributed by atoms with Gasteiger partial charge in [-0.3, -0.25) is 24.0 Å². The Balaban J connectivity index is 2.81. The van der Waals surface area contributed by atoms with Crippen molar-refractivity contribution in [2.45, 2.75) is 57.7 Å². The first-order valence-electron chi connectivity index (χ1n) is 9.22. The molecule has 0 aromatic heterocycles. The topological polar surface area (TPSA) is 180 Å². The molecule has 0 aromatic rings. The number of nitrogens with two attached hydrogens (primary N) is 1. The maximum Gasteiger partial charge on any atom is 0.322 e. The van der Waals surface area contributed by atoms with Gasteiger partial charge >= 0.3 is 5.97 Å². The van der Waals surface area contributed by atoms with Gasteiger partial charge in [-0.25, -0.2) is 0 Å². The molecule has 1 fully saturated rings.